The summed E-state index contributed by atoms with van der Waals surface area (Å²) in [5, 5.41) is 30.3. The Morgan fingerprint density at radius 1 is 0.733 bits per heavy atom. The van der Waals surface area contributed by atoms with Gasteiger partial charge in [0.2, 0.25) is 17.7 Å². The number of nitrogens with one attached hydrogen (secondary N) is 4. The average molecular weight is 627 g/mol. The van der Waals surface area contributed by atoms with Crippen molar-refractivity contribution >= 4 is 23.8 Å². The number of aliphatic hydroxyl groups is 2. The zero-order chi connectivity index (χ0) is 33.2. The summed E-state index contributed by atoms with van der Waals surface area (Å²) in [6.07, 6.45) is 1.76. The summed E-state index contributed by atoms with van der Waals surface area (Å²) in [7, 11) is 0. The van der Waals surface area contributed by atoms with Crippen LogP contribution in [0.25, 0.3) is 0 Å². The molecule has 11 nitrogen and oxygen atoms in total. The Bertz CT molecular complexity index is 1180. The molecule has 11 heteroatoms. The van der Waals surface area contributed by atoms with Gasteiger partial charge in [-0.05, 0) is 43.2 Å². The van der Waals surface area contributed by atoms with E-state index in [0.29, 0.717) is 25.7 Å². The lowest BCUT2D eigenvalue weighted by Gasteiger charge is -2.27. The summed E-state index contributed by atoms with van der Waals surface area (Å²) in [4.78, 5) is 50.9. The molecule has 0 bridgehead atoms. The molecular weight excluding hydrogens is 576 g/mol. The van der Waals surface area contributed by atoms with E-state index in [9.17, 15) is 29.4 Å². The molecule has 0 saturated heterocycles. The van der Waals surface area contributed by atoms with Crippen LogP contribution in [0, 0.1) is 11.8 Å². The lowest BCUT2D eigenvalue weighted by molar-refractivity contribution is -0.131. The summed E-state index contributed by atoms with van der Waals surface area (Å²) >= 11 is 0. The van der Waals surface area contributed by atoms with Crippen molar-refractivity contribution < 1.29 is 34.1 Å². The number of ether oxygens (including phenoxy) is 1. The third-order valence-corrected chi connectivity index (χ3v) is 7.60. The van der Waals surface area contributed by atoms with E-state index in [1.165, 1.54) is 0 Å². The molecule has 248 valence electrons. The second-order valence-corrected chi connectivity index (χ2v) is 11.8. The molecule has 6 N–H and O–H groups in total. The van der Waals surface area contributed by atoms with Crippen LogP contribution >= 0.6 is 0 Å². The number of amides is 4. The van der Waals surface area contributed by atoms with Crippen LogP contribution in [0.15, 0.2) is 60.7 Å². The highest BCUT2D eigenvalue weighted by molar-refractivity contribution is 5.88. The van der Waals surface area contributed by atoms with Crippen LogP contribution in [0.1, 0.15) is 64.5 Å². The van der Waals surface area contributed by atoms with Gasteiger partial charge >= 0.3 is 6.09 Å². The number of aliphatic hydroxyl groups excluding tert-OH is 2. The first-order chi connectivity index (χ1) is 21.5. The minimum absolute atomic E-state index is 0.00344. The standard InChI is InChI=1S/C34H50N4O7/c1-23(2)29(21-40)37-33(43)31(24(3)20-39)38-30(41)18-12-11-17-28(19-26-13-7-5-8-14-26)36-32(42)25(4)35-34(44)45-22-27-15-9-6-10-16-27/h5-10,13-16,23-25,28-29,31,39-40H,11-12,17-22H2,1-4H3,(H,35,44)(H,36,42)(H,37,43)(H,38,41)/t24?,25-,28-,29?,31?/m0/s1. The van der Waals surface area contributed by atoms with E-state index in [0.717, 1.165) is 11.1 Å². The van der Waals surface area contributed by atoms with Gasteiger partial charge in [-0.15, -0.1) is 0 Å². The summed E-state index contributed by atoms with van der Waals surface area (Å²) in [6, 6.07) is 16.5. The van der Waals surface area contributed by atoms with Gasteiger partial charge in [-0.2, -0.15) is 0 Å². The van der Waals surface area contributed by atoms with Gasteiger partial charge in [0.1, 0.15) is 18.7 Å². The van der Waals surface area contributed by atoms with Gasteiger partial charge in [0.15, 0.2) is 0 Å². The van der Waals surface area contributed by atoms with Gasteiger partial charge in [0.05, 0.1) is 12.6 Å². The first-order valence-corrected chi connectivity index (χ1v) is 15.7. The topological polar surface area (TPSA) is 166 Å². The van der Waals surface area contributed by atoms with Crippen molar-refractivity contribution in [1.29, 1.82) is 0 Å². The zero-order valence-electron chi connectivity index (χ0n) is 26.8. The van der Waals surface area contributed by atoms with Gasteiger partial charge in [-0.3, -0.25) is 14.4 Å². The van der Waals surface area contributed by atoms with Crippen molar-refractivity contribution in [2.45, 2.75) is 90.6 Å². The fourth-order valence-electron chi connectivity index (χ4n) is 4.65. The van der Waals surface area contributed by atoms with Crippen LogP contribution in [0.3, 0.4) is 0 Å². The molecule has 3 unspecified atom stereocenters. The fraction of sp³-hybridized carbons (Fsp3) is 0.529. The molecule has 0 aliphatic rings. The average Bonchev–Trinajstić information content (AvgIpc) is 3.03. The van der Waals surface area contributed by atoms with Crippen molar-refractivity contribution in [1.82, 2.24) is 21.3 Å². The fourth-order valence-corrected chi connectivity index (χ4v) is 4.65. The third kappa shape index (κ3) is 14.1. The Kier molecular flexibility index (Phi) is 16.7. The van der Waals surface area contributed by atoms with E-state index in [-0.39, 0.29) is 50.0 Å². The molecule has 2 rings (SSSR count). The maximum Gasteiger partial charge on any atom is 0.408 e. The number of hydrogen-bond acceptors (Lipinski definition) is 7. The first-order valence-electron chi connectivity index (χ1n) is 15.7. The predicted octanol–water partition coefficient (Wildman–Crippen LogP) is 2.84. The maximum absolute atomic E-state index is 13.0. The predicted molar refractivity (Wildman–Crippen MR) is 172 cm³/mol. The highest BCUT2D eigenvalue weighted by Gasteiger charge is 2.29. The van der Waals surface area contributed by atoms with Gasteiger partial charge in [-0.1, -0.05) is 87.9 Å². The number of alkyl carbamates (subject to hydrolysis) is 1. The van der Waals surface area contributed by atoms with Crippen LogP contribution in [0.5, 0.6) is 0 Å². The molecule has 0 saturated carbocycles. The summed E-state index contributed by atoms with van der Waals surface area (Å²) in [5.74, 6) is -1.64. The van der Waals surface area contributed by atoms with Crippen molar-refractivity contribution in [3.05, 3.63) is 71.8 Å². The smallest absolute Gasteiger partial charge is 0.408 e. The molecule has 4 amide bonds. The number of carbonyl (C=O) groups is 4. The summed E-state index contributed by atoms with van der Waals surface area (Å²) < 4.78 is 5.23. The minimum atomic E-state index is -0.936. The molecule has 0 aliphatic carbocycles. The number of benzene rings is 2. The highest BCUT2D eigenvalue weighted by Crippen LogP contribution is 2.12. The minimum Gasteiger partial charge on any atom is -0.445 e. The van der Waals surface area contributed by atoms with E-state index in [4.69, 9.17) is 4.74 Å². The van der Waals surface area contributed by atoms with E-state index in [1.54, 1.807) is 13.8 Å². The molecule has 2 aromatic carbocycles. The van der Waals surface area contributed by atoms with Crippen LogP contribution < -0.4 is 21.3 Å². The van der Waals surface area contributed by atoms with E-state index < -0.39 is 36.0 Å². The quantitative estimate of drug-likeness (QED) is 0.131. The molecule has 45 heavy (non-hydrogen) atoms. The van der Waals surface area contributed by atoms with E-state index in [2.05, 4.69) is 21.3 Å². The number of carbonyl (C=O) groups excluding carboxylic acids is 4. The van der Waals surface area contributed by atoms with Crippen LogP contribution in [-0.2, 0) is 32.1 Å². The normalized spacial score (nSPS) is 14.4. The van der Waals surface area contributed by atoms with E-state index >= 15 is 0 Å². The van der Waals surface area contributed by atoms with Gasteiger partial charge in [0.25, 0.3) is 0 Å². The summed E-state index contributed by atoms with van der Waals surface area (Å²) in [5.41, 5.74) is 1.88. The maximum atomic E-state index is 13.0. The van der Waals surface area contributed by atoms with Crippen LogP contribution in [0.2, 0.25) is 0 Å². The molecule has 0 heterocycles. The van der Waals surface area contributed by atoms with Gasteiger partial charge < -0.3 is 36.2 Å². The Morgan fingerprint density at radius 2 is 1.36 bits per heavy atom. The van der Waals surface area contributed by atoms with Crippen molar-refractivity contribution in [3.8, 4) is 0 Å². The monoisotopic (exact) mass is 626 g/mol. The number of hydrogen-bond donors (Lipinski definition) is 6. The molecule has 5 atom stereocenters. The van der Waals surface area contributed by atoms with Crippen molar-refractivity contribution in [2.24, 2.45) is 11.8 Å². The molecular formula is C34H50N4O7. The van der Waals surface area contributed by atoms with Crippen LogP contribution in [-0.4, -0.2) is 71.4 Å². The number of rotatable bonds is 19. The van der Waals surface area contributed by atoms with Crippen LogP contribution in [0.4, 0.5) is 4.79 Å². The molecule has 0 spiro atoms. The first kappa shape index (κ1) is 37.2. The third-order valence-electron chi connectivity index (χ3n) is 7.60. The van der Waals surface area contributed by atoms with Crippen molar-refractivity contribution in [2.75, 3.05) is 13.2 Å². The molecule has 0 aromatic heterocycles. The van der Waals surface area contributed by atoms with Gasteiger partial charge in [-0.25, -0.2) is 4.79 Å². The number of unbranched alkanes of at least 4 members (excludes halogenated alkanes) is 1. The SMILES string of the molecule is CC(C)C(CO)NC(=O)C(NC(=O)CCCC[C@@H](Cc1ccccc1)NC(=O)[C@H](C)NC(=O)OCc1ccccc1)C(C)CO. The van der Waals surface area contributed by atoms with E-state index in [1.807, 2.05) is 74.5 Å². The Morgan fingerprint density at radius 3 is 1.93 bits per heavy atom. The highest BCUT2D eigenvalue weighted by atomic mass is 16.5. The summed E-state index contributed by atoms with van der Waals surface area (Å²) in [6.45, 7) is 6.58. The Balaban J connectivity index is 1.90. The molecule has 0 aliphatic heterocycles. The van der Waals surface area contributed by atoms with Crippen molar-refractivity contribution in [3.63, 3.8) is 0 Å². The zero-order valence-corrected chi connectivity index (χ0v) is 26.8. The molecule has 0 fully saturated rings. The second kappa shape index (κ2) is 20.1. The Hall–Kier alpha value is -3.96. The lowest BCUT2D eigenvalue weighted by atomic mass is 9.98. The molecule has 0 radical (unpaired) electrons. The van der Waals surface area contributed by atoms with Gasteiger partial charge in [0, 0.05) is 25.0 Å². The second-order valence-electron chi connectivity index (χ2n) is 11.8. The largest absolute Gasteiger partial charge is 0.445 e. The lowest BCUT2D eigenvalue weighted by Crippen LogP contribution is -2.54. The Labute approximate surface area is 266 Å². The molecule has 2 aromatic rings.